The number of esters is 2. The number of carbonyl (C=O) groups is 2. The van der Waals surface area contributed by atoms with Gasteiger partial charge in [-0.3, -0.25) is 0 Å². The Morgan fingerprint density at radius 1 is 0.769 bits per heavy atom. The number of aromatic hydroxyl groups is 1. The van der Waals surface area contributed by atoms with Gasteiger partial charge in [-0.25, -0.2) is 9.59 Å². The molecular weight excluding hydrogens is 492 g/mol. The quantitative estimate of drug-likeness (QED) is 0.271. The van der Waals surface area contributed by atoms with Crippen LogP contribution in [-0.2, 0) is 25.5 Å². The van der Waals surface area contributed by atoms with E-state index in [1.807, 2.05) is 27.7 Å². The average molecular weight is 543 g/mol. The van der Waals surface area contributed by atoms with Crippen LogP contribution in [0.15, 0.2) is 12.2 Å². The van der Waals surface area contributed by atoms with Gasteiger partial charge in [0.25, 0.3) is 0 Å². The van der Waals surface area contributed by atoms with Crippen molar-refractivity contribution in [2.45, 2.75) is 131 Å². The second-order valence-corrected chi connectivity index (χ2v) is 12.8. The molecule has 0 fully saturated rings. The van der Waals surface area contributed by atoms with Gasteiger partial charge in [-0.2, -0.15) is 0 Å². The monoisotopic (exact) mass is 542 g/mol. The number of hydrogen-bond acceptors (Lipinski definition) is 6. The van der Waals surface area contributed by atoms with Gasteiger partial charge < -0.3 is 19.3 Å². The molecule has 3 atom stereocenters. The van der Waals surface area contributed by atoms with Crippen LogP contribution in [0.1, 0.15) is 115 Å². The first kappa shape index (κ1) is 31.0. The number of benzene rings is 1. The third kappa shape index (κ3) is 7.18. The van der Waals surface area contributed by atoms with Crippen molar-refractivity contribution in [1.29, 1.82) is 0 Å². The molecule has 1 N–H and O–H groups in total. The Kier molecular flexibility index (Phi) is 10.2. The molecule has 6 nitrogen and oxygen atoms in total. The molecule has 0 amide bonds. The van der Waals surface area contributed by atoms with Gasteiger partial charge in [-0.15, -0.1) is 0 Å². The van der Waals surface area contributed by atoms with Crippen molar-refractivity contribution in [1.82, 2.24) is 0 Å². The Morgan fingerprint density at radius 2 is 1.28 bits per heavy atom. The third-order valence-electron chi connectivity index (χ3n) is 8.99. The predicted molar refractivity (Wildman–Crippen MR) is 154 cm³/mol. The molecule has 0 aromatic heterocycles. The van der Waals surface area contributed by atoms with Crippen molar-refractivity contribution < 1.29 is 28.9 Å². The standard InChI is InChI=1S/C33H50O6/c1-21(2)12-9-13-22(3)14-10-15-23(4)16-11-19-32(8)33(37-28(34)17-18-29(35)38-33)20-27-26(7)30(36)24(5)25(6)31(27)39-32/h17-18,21-23,36H,9-16,19-20H2,1-8H3/t22-,23+,32-/m0/s1. The average Bonchev–Trinajstić information content (AvgIpc) is 3.00. The first-order valence-corrected chi connectivity index (χ1v) is 14.9. The van der Waals surface area contributed by atoms with Crippen molar-refractivity contribution >= 4 is 11.9 Å². The smallest absolute Gasteiger partial charge is 0.334 e. The highest BCUT2D eigenvalue weighted by Crippen LogP contribution is 2.50. The summed E-state index contributed by atoms with van der Waals surface area (Å²) >= 11 is 0. The molecule has 0 aliphatic carbocycles. The Labute approximate surface area is 235 Å². The van der Waals surface area contributed by atoms with Crippen LogP contribution in [0.5, 0.6) is 11.5 Å². The van der Waals surface area contributed by atoms with Gasteiger partial charge in [0.15, 0.2) is 5.60 Å². The van der Waals surface area contributed by atoms with Gasteiger partial charge in [0.1, 0.15) is 11.5 Å². The van der Waals surface area contributed by atoms with Crippen molar-refractivity contribution in [3.63, 3.8) is 0 Å². The molecule has 0 unspecified atom stereocenters. The van der Waals surface area contributed by atoms with E-state index in [2.05, 4.69) is 27.7 Å². The van der Waals surface area contributed by atoms with Gasteiger partial charge in [-0.05, 0) is 75.0 Å². The third-order valence-corrected chi connectivity index (χ3v) is 8.99. The summed E-state index contributed by atoms with van der Waals surface area (Å²) in [6.45, 7) is 16.7. The fourth-order valence-electron chi connectivity index (χ4n) is 6.09. The van der Waals surface area contributed by atoms with Gasteiger partial charge in [-0.1, -0.05) is 72.6 Å². The lowest BCUT2D eigenvalue weighted by molar-refractivity contribution is -0.284. The minimum absolute atomic E-state index is 0.128. The van der Waals surface area contributed by atoms with Crippen LogP contribution < -0.4 is 4.74 Å². The van der Waals surface area contributed by atoms with Crippen molar-refractivity contribution in [2.24, 2.45) is 17.8 Å². The minimum Gasteiger partial charge on any atom is -0.507 e. The van der Waals surface area contributed by atoms with E-state index >= 15 is 0 Å². The molecule has 6 heteroatoms. The number of hydrogen-bond donors (Lipinski definition) is 1. The second-order valence-electron chi connectivity index (χ2n) is 12.8. The number of carbonyl (C=O) groups excluding carboxylic acids is 2. The molecule has 2 aliphatic heterocycles. The van der Waals surface area contributed by atoms with Gasteiger partial charge in [0, 0.05) is 17.7 Å². The molecule has 1 spiro atoms. The van der Waals surface area contributed by atoms with Gasteiger partial charge in [0.05, 0.1) is 6.42 Å². The van der Waals surface area contributed by atoms with Crippen LogP contribution >= 0.6 is 0 Å². The highest BCUT2D eigenvalue weighted by atomic mass is 16.8. The van der Waals surface area contributed by atoms with Crippen molar-refractivity contribution in [3.05, 3.63) is 34.4 Å². The lowest BCUT2D eigenvalue weighted by Crippen LogP contribution is -2.63. The van der Waals surface area contributed by atoms with Crippen LogP contribution in [0.2, 0.25) is 0 Å². The zero-order valence-corrected chi connectivity index (χ0v) is 25.4. The maximum absolute atomic E-state index is 12.6. The van der Waals surface area contributed by atoms with Crippen LogP contribution in [0.25, 0.3) is 0 Å². The molecule has 2 aliphatic rings. The molecule has 39 heavy (non-hydrogen) atoms. The Bertz CT molecular complexity index is 1050. The number of phenolic OH excluding ortho intramolecular Hbond substituents is 1. The zero-order chi connectivity index (χ0) is 29.0. The number of fused-ring (bicyclic) bond motifs is 1. The Morgan fingerprint density at radius 3 is 1.82 bits per heavy atom. The fraction of sp³-hybridized carbons (Fsp3) is 0.697. The fourth-order valence-corrected chi connectivity index (χ4v) is 6.09. The highest BCUT2D eigenvalue weighted by molar-refractivity contribution is 5.93. The maximum atomic E-state index is 12.6. The Balaban J connectivity index is 1.71. The normalized spacial score (nSPS) is 21.7. The van der Waals surface area contributed by atoms with Gasteiger partial charge in [0.2, 0.25) is 0 Å². The summed E-state index contributed by atoms with van der Waals surface area (Å²) in [4.78, 5) is 25.2. The SMILES string of the molecule is Cc1c(C)c2c(c(C)c1O)CC1(OC(=O)C=CC(=O)O1)[C@](C)(CCC[C@H](C)CCC[C@@H](C)CCCC(C)C)O2. The summed E-state index contributed by atoms with van der Waals surface area (Å²) < 4.78 is 18.4. The van der Waals surface area contributed by atoms with E-state index in [-0.39, 0.29) is 12.2 Å². The summed E-state index contributed by atoms with van der Waals surface area (Å²) in [5.41, 5.74) is 1.86. The molecule has 218 valence electrons. The number of phenols is 1. The second kappa shape index (κ2) is 12.8. The lowest BCUT2D eigenvalue weighted by atomic mass is 9.78. The largest absolute Gasteiger partial charge is 0.507 e. The van der Waals surface area contributed by atoms with E-state index in [9.17, 15) is 14.7 Å². The summed E-state index contributed by atoms with van der Waals surface area (Å²) in [7, 11) is 0. The van der Waals surface area contributed by atoms with E-state index in [0.717, 1.165) is 48.0 Å². The van der Waals surface area contributed by atoms with Gasteiger partial charge >= 0.3 is 17.7 Å². The maximum Gasteiger partial charge on any atom is 0.334 e. The number of ether oxygens (including phenoxy) is 3. The molecule has 1 aromatic carbocycles. The predicted octanol–water partition coefficient (Wildman–Crippen LogP) is 7.80. The molecule has 0 bridgehead atoms. The van der Waals surface area contributed by atoms with Crippen LogP contribution in [-0.4, -0.2) is 28.4 Å². The first-order valence-electron chi connectivity index (χ1n) is 14.9. The van der Waals surface area contributed by atoms with E-state index in [1.54, 1.807) is 0 Å². The summed E-state index contributed by atoms with van der Waals surface area (Å²) in [6.07, 6.45) is 12.4. The first-order chi connectivity index (χ1) is 18.3. The summed E-state index contributed by atoms with van der Waals surface area (Å²) in [5, 5.41) is 10.7. The van der Waals surface area contributed by atoms with E-state index in [4.69, 9.17) is 14.2 Å². The summed E-state index contributed by atoms with van der Waals surface area (Å²) in [6, 6.07) is 0. The Hall–Kier alpha value is -2.50. The van der Waals surface area contributed by atoms with E-state index in [1.165, 1.54) is 38.5 Å². The zero-order valence-electron chi connectivity index (χ0n) is 25.4. The molecule has 0 saturated heterocycles. The van der Waals surface area contributed by atoms with Crippen molar-refractivity contribution in [2.75, 3.05) is 0 Å². The molecule has 3 rings (SSSR count). The van der Waals surface area contributed by atoms with Crippen LogP contribution in [0.4, 0.5) is 0 Å². The van der Waals surface area contributed by atoms with Crippen LogP contribution in [0.3, 0.4) is 0 Å². The van der Waals surface area contributed by atoms with E-state index < -0.39 is 23.3 Å². The molecule has 0 radical (unpaired) electrons. The molecule has 2 heterocycles. The molecular formula is C33H50O6. The topological polar surface area (TPSA) is 82.1 Å². The molecule has 0 saturated carbocycles. The van der Waals surface area contributed by atoms with E-state index in [0.29, 0.717) is 29.2 Å². The van der Waals surface area contributed by atoms with Crippen molar-refractivity contribution in [3.8, 4) is 11.5 Å². The van der Waals surface area contributed by atoms with Crippen LogP contribution in [0, 0.1) is 38.5 Å². The number of rotatable bonds is 12. The minimum atomic E-state index is -1.62. The lowest BCUT2D eigenvalue weighted by Gasteiger charge is -2.49. The summed E-state index contributed by atoms with van der Waals surface area (Å²) in [5.74, 6) is 0.0821. The molecule has 1 aromatic rings. The highest BCUT2D eigenvalue weighted by Gasteiger charge is 2.60.